The van der Waals surface area contributed by atoms with E-state index in [1.807, 2.05) is 6.07 Å². The highest BCUT2D eigenvalue weighted by Crippen LogP contribution is 2.16. The quantitative estimate of drug-likeness (QED) is 0.874. The second-order valence-electron chi connectivity index (χ2n) is 5.14. The fourth-order valence-corrected chi connectivity index (χ4v) is 2.27. The van der Waals surface area contributed by atoms with E-state index in [-0.39, 0.29) is 11.3 Å². The Morgan fingerprint density at radius 1 is 1.22 bits per heavy atom. The number of hydrogen-bond donors (Lipinski definition) is 1. The van der Waals surface area contributed by atoms with Gasteiger partial charge in [-0.25, -0.2) is 9.67 Å². The van der Waals surface area contributed by atoms with Crippen molar-refractivity contribution in [2.45, 2.75) is 0 Å². The van der Waals surface area contributed by atoms with Crippen molar-refractivity contribution < 1.29 is 9.53 Å². The molecule has 0 spiro atoms. The van der Waals surface area contributed by atoms with Crippen LogP contribution in [0.4, 0.5) is 11.5 Å². The molecule has 3 rings (SSSR count). The topological polar surface area (TPSA) is 89.3 Å². The number of ether oxygens (including phenoxy) is 1. The first-order chi connectivity index (χ1) is 11.1. The highest BCUT2D eigenvalue weighted by atomic mass is 16.5. The minimum Gasteiger partial charge on any atom is -0.378 e. The number of rotatable bonds is 3. The summed E-state index contributed by atoms with van der Waals surface area (Å²) >= 11 is 0. The molecule has 23 heavy (non-hydrogen) atoms. The van der Waals surface area contributed by atoms with Crippen molar-refractivity contribution in [3.63, 3.8) is 0 Å². The third-order valence-electron chi connectivity index (χ3n) is 3.56. The monoisotopic (exact) mass is 315 g/mol. The van der Waals surface area contributed by atoms with Gasteiger partial charge in [-0.3, -0.25) is 9.59 Å². The molecule has 0 saturated carbocycles. The van der Waals surface area contributed by atoms with Crippen LogP contribution in [0.25, 0.3) is 0 Å². The average molecular weight is 315 g/mol. The number of nitrogens with one attached hydrogen (secondary N) is 1. The highest BCUT2D eigenvalue weighted by Gasteiger charge is 2.13. The van der Waals surface area contributed by atoms with Crippen LogP contribution in [0.1, 0.15) is 10.5 Å². The number of carbonyl (C=O) groups is 1. The van der Waals surface area contributed by atoms with Gasteiger partial charge in [0.05, 0.1) is 25.1 Å². The molecule has 1 aliphatic rings. The van der Waals surface area contributed by atoms with Gasteiger partial charge in [0.25, 0.3) is 11.5 Å². The Morgan fingerprint density at radius 2 is 2.00 bits per heavy atom. The van der Waals surface area contributed by atoms with Gasteiger partial charge in [-0.2, -0.15) is 5.10 Å². The lowest BCUT2D eigenvalue weighted by Gasteiger charge is -2.28. The second kappa shape index (κ2) is 6.57. The van der Waals surface area contributed by atoms with Crippen LogP contribution < -0.4 is 15.8 Å². The number of nitrogens with zero attached hydrogens (tertiary/aromatic N) is 4. The summed E-state index contributed by atoms with van der Waals surface area (Å²) < 4.78 is 6.43. The van der Waals surface area contributed by atoms with E-state index in [2.05, 4.69) is 20.3 Å². The first-order valence-electron chi connectivity index (χ1n) is 7.28. The number of pyridine rings is 1. The Kier molecular flexibility index (Phi) is 4.33. The Labute approximate surface area is 132 Å². The van der Waals surface area contributed by atoms with Gasteiger partial charge in [0.1, 0.15) is 11.5 Å². The van der Waals surface area contributed by atoms with Gasteiger partial charge in [-0.05, 0) is 18.2 Å². The molecule has 1 aliphatic heterocycles. The summed E-state index contributed by atoms with van der Waals surface area (Å²) in [5.41, 5.74) is 0.882. The summed E-state index contributed by atoms with van der Waals surface area (Å²) in [6, 6.07) is 6.34. The van der Waals surface area contributed by atoms with E-state index >= 15 is 0 Å². The van der Waals surface area contributed by atoms with Crippen molar-refractivity contribution in [3.8, 4) is 0 Å². The van der Waals surface area contributed by atoms with Gasteiger partial charge in [0.15, 0.2) is 0 Å². The molecule has 120 valence electrons. The molecule has 0 aromatic carbocycles. The van der Waals surface area contributed by atoms with E-state index < -0.39 is 5.91 Å². The molecule has 1 N–H and O–H groups in total. The van der Waals surface area contributed by atoms with Gasteiger partial charge in [-0.1, -0.05) is 0 Å². The molecule has 1 fully saturated rings. The standard InChI is InChI=1S/C15H17N5O3/c1-19-14(21)5-3-12(18-19)15(22)17-13-4-2-11(10-16-13)20-6-8-23-9-7-20/h2-5,10H,6-9H2,1H3,(H,16,17,22). The van der Waals surface area contributed by atoms with Gasteiger partial charge in [0.2, 0.25) is 0 Å². The molecule has 1 saturated heterocycles. The molecule has 0 unspecified atom stereocenters. The predicted octanol–water partition coefficient (Wildman–Crippen LogP) is 0.264. The van der Waals surface area contributed by atoms with Crippen LogP contribution in [-0.4, -0.2) is 47.0 Å². The molecule has 0 atom stereocenters. The minimum atomic E-state index is -0.410. The van der Waals surface area contributed by atoms with E-state index in [9.17, 15) is 9.59 Å². The molecule has 8 heteroatoms. The number of aromatic nitrogens is 3. The van der Waals surface area contributed by atoms with E-state index in [1.165, 1.54) is 19.2 Å². The molecule has 8 nitrogen and oxygen atoms in total. The SMILES string of the molecule is Cn1nc(C(=O)Nc2ccc(N3CCOCC3)cn2)ccc1=O. The summed E-state index contributed by atoms with van der Waals surface area (Å²) in [4.78, 5) is 29.8. The Morgan fingerprint density at radius 3 is 2.65 bits per heavy atom. The normalized spacial score (nSPS) is 14.6. The van der Waals surface area contributed by atoms with Crippen LogP contribution >= 0.6 is 0 Å². The minimum absolute atomic E-state index is 0.158. The summed E-state index contributed by atoms with van der Waals surface area (Å²) in [5, 5.41) is 6.57. The van der Waals surface area contributed by atoms with Crippen LogP contribution in [0, 0.1) is 0 Å². The van der Waals surface area contributed by atoms with Crippen LogP contribution in [0.5, 0.6) is 0 Å². The molecule has 3 heterocycles. The lowest BCUT2D eigenvalue weighted by molar-refractivity contribution is 0.101. The van der Waals surface area contributed by atoms with Gasteiger partial charge >= 0.3 is 0 Å². The van der Waals surface area contributed by atoms with E-state index in [0.717, 1.165) is 23.5 Å². The van der Waals surface area contributed by atoms with Crippen LogP contribution in [0.2, 0.25) is 0 Å². The van der Waals surface area contributed by atoms with Crippen molar-refractivity contribution >= 4 is 17.4 Å². The first-order valence-corrected chi connectivity index (χ1v) is 7.28. The van der Waals surface area contributed by atoms with Crippen LogP contribution in [-0.2, 0) is 11.8 Å². The molecular formula is C15H17N5O3. The number of aryl methyl sites for hydroxylation is 1. The Hall–Kier alpha value is -2.74. The van der Waals surface area contributed by atoms with E-state index in [0.29, 0.717) is 19.0 Å². The maximum atomic E-state index is 12.1. The first kappa shape index (κ1) is 15.2. The van der Waals surface area contributed by atoms with Crippen molar-refractivity contribution in [2.24, 2.45) is 7.05 Å². The summed E-state index contributed by atoms with van der Waals surface area (Å²) in [5.74, 6) is 0.0230. The van der Waals surface area contributed by atoms with Gasteiger partial charge in [0, 0.05) is 26.2 Å². The highest BCUT2D eigenvalue weighted by molar-refractivity contribution is 6.02. The maximum Gasteiger partial charge on any atom is 0.277 e. The number of anilines is 2. The zero-order valence-corrected chi connectivity index (χ0v) is 12.7. The largest absolute Gasteiger partial charge is 0.378 e. The third kappa shape index (κ3) is 3.54. The fraction of sp³-hybridized carbons (Fsp3) is 0.333. The Bertz CT molecular complexity index is 750. The predicted molar refractivity (Wildman–Crippen MR) is 84.7 cm³/mol. The summed E-state index contributed by atoms with van der Waals surface area (Å²) in [6.45, 7) is 3.07. The van der Waals surface area contributed by atoms with Crippen molar-refractivity contribution in [2.75, 3.05) is 36.5 Å². The van der Waals surface area contributed by atoms with Crippen LogP contribution in [0.15, 0.2) is 35.3 Å². The summed E-state index contributed by atoms with van der Waals surface area (Å²) in [6.07, 6.45) is 1.72. The number of amides is 1. The lowest BCUT2D eigenvalue weighted by Crippen LogP contribution is -2.36. The molecule has 0 bridgehead atoms. The zero-order chi connectivity index (χ0) is 16.2. The van der Waals surface area contributed by atoms with Gasteiger partial charge < -0.3 is 15.0 Å². The molecule has 0 aliphatic carbocycles. The molecule has 0 radical (unpaired) electrons. The molecule has 1 amide bonds. The van der Waals surface area contributed by atoms with Crippen LogP contribution in [0.3, 0.4) is 0 Å². The number of carbonyl (C=O) groups excluding carboxylic acids is 1. The molecule has 2 aromatic rings. The second-order valence-corrected chi connectivity index (χ2v) is 5.14. The maximum absolute atomic E-state index is 12.1. The van der Waals surface area contributed by atoms with Crippen molar-refractivity contribution in [1.29, 1.82) is 0 Å². The average Bonchev–Trinajstić information content (AvgIpc) is 2.59. The molecular weight excluding hydrogens is 298 g/mol. The lowest BCUT2D eigenvalue weighted by atomic mass is 10.3. The molecule has 2 aromatic heterocycles. The summed E-state index contributed by atoms with van der Waals surface area (Å²) in [7, 11) is 1.49. The van der Waals surface area contributed by atoms with Gasteiger partial charge in [-0.15, -0.1) is 0 Å². The van der Waals surface area contributed by atoms with Crippen molar-refractivity contribution in [3.05, 3.63) is 46.5 Å². The fourth-order valence-electron chi connectivity index (χ4n) is 2.27. The smallest absolute Gasteiger partial charge is 0.277 e. The van der Waals surface area contributed by atoms with E-state index in [1.54, 1.807) is 12.3 Å². The number of hydrogen-bond acceptors (Lipinski definition) is 6. The third-order valence-corrected chi connectivity index (χ3v) is 3.56. The van der Waals surface area contributed by atoms with E-state index in [4.69, 9.17) is 4.74 Å². The Balaban J connectivity index is 1.68. The zero-order valence-electron chi connectivity index (χ0n) is 12.7. The number of morpholine rings is 1. The van der Waals surface area contributed by atoms with Crippen molar-refractivity contribution in [1.82, 2.24) is 14.8 Å².